The number of nitrogens with zero attached hydrogens (tertiary/aromatic N) is 2. The number of hydrogen-bond acceptors (Lipinski definition) is 3. The van der Waals surface area contributed by atoms with Gasteiger partial charge in [0, 0.05) is 36.1 Å². The number of rotatable bonds is 5. The second-order valence-electron chi connectivity index (χ2n) is 9.55. The number of ether oxygens (including phenoxy) is 1. The summed E-state index contributed by atoms with van der Waals surface area (Å²) in [5.74, 6) is -0.226. The van der Waals surface area contributed by atoms with Crippen LogP contribution in [0, 0.1) is 0 Å². The summed E-state index contributed by atoms with van der Waals surface area (Å²) in [5.41, 5.74) is 0.942. The molecule has 2 aliphatic rings. The lowest BCUT2D eigenvalue weighted by atomic mass is 9.83. The largest absolute Gasteiger partial charge is 0.495 e. The topological polar surface area (TPSA) is 33.4 Å². The smallest absolute Gasteiger partial charge is 0.416 e. The zero-order valence-corrected chi connectivity index (χ0v) is 22.3. The number of aryl methyl sites for hydroxylation is 1. The lowest BCUT2D eigenvalue weighted by molar-refractivity contribution is -0.667. The summed E-state index contributed by atoms with van der Waals surface area (Å²) in [6, 6.07) is 8.57. The van der Waals surface area contributed by atoms with Gasteiger partial charge in [0.05, 0.1) is 34.8 Å². The van der Waals surface area contributed by atoms with Crippen LogP contribution < -0.4 is 9.47 Å². The molecule has 41 heavy (non-hydrogen) atoms. The van der Waals surface area contributed by atoms with Gasteiger partial charge in [-0.3, -0.25) is 4.79 Å². The highest BCUT2D eigenvalue weighted by Gasteiger charge is 2.36. The number of methoxy groups -OCH3 is 1. The first kappa shape index (κ1) is 28.2. The minimum atomic E-state index is -4.54. The third-order valence-electron chi connectivity index (χ3n) is 7.22. The first-order valence-electron chi connectivity index (χ1n) is 12.8. The number of halogens is 6. The van der Waals surface area contributed by atoms with Crippen molar-refractivity contribution in [3.05, 3.63) is 106 Å². The SMILES string of the molecule is CCN1C=C/C(=C\C2=C(OC)C(=C\c3cc[n+](CC)c4ccc(C(F)(F)F)cc34)/C2=O)c2cc(C(F)(F)F)ccc21. The number of Topliss-reactive ketones (excluding diaryl/α,β-unsaturated/α-hetero) is 1. The number of carbonyl (C=O) groups excluding carboxylic acids is 1. The molecule has 1 aromatic heterocycles. The molecule has 0 fully saturated rings. The molecule has 0 unspecified atom stereocenters. The highest BCUT2D eigenvalue weighted by atomic mass is 19.4. The Labute approximate surface area is 232 Å². The fourth-order valence-electron chi connectivity index (χ4n) is 5.10. The van der Waals surface area contributed by atoms with Crippen molar-refractivity contribution in [3.63, 3.8) is 0 Å². The third-order valence-corrected chi connectivity index (χ3v) is 7.22. The number of pyridine rings is 1. The molecule has 0 spiro atoms. The van der Waals surface area contributed by atoms with Crippen LogP contribution in [0.2, 0.25) is 0 Å². The lowest BCUT2D eigenvalue weighted by Crippen LogP contribution is -2.33. The van der Waals surface area contributed by atoms with Crippen molar-refractivity contribution in [2.75, 3.05) is 18.6 Å². The van der Waals surface area contributed by atoms with E-state index in [1.165, 1.54) is 31.4 Å². The predicted molar refractivity (Wildman–Crippen MR) is 143 cm³/mol. The van der Waals surface area contributed by atoms with Gasteiger partial charge in [-0.1, -0.05) is 0 Å². The summed E-state index contributed by atoms with van der Waals surface area (Å²) in [6.07, 6.45) is -1.03. The van der Waals surface area contributed by atoms with Crippen LogP contribution in [0.4, 0.5) is 32.0 Å². The maximum atomic E-state index is 13.5. The van der Waals surface area contributed by atoms with E-state index in [4.69, 9.17) is 4.74 Å². The number of anilines is 1. The maximum absolute atomic E-state index is 13.5. The number of aromatic nitrogens is 1. The maximum Gasteiger partial charge on any atom is 0.416 e. The molecule has 4 nitrogen and oxygen atoms in total. The number of hydrogen-bond donors (Lipinski definition) is 0. The van der Waals surface area contributed by atoms with Gasteiger partial charge < -0.3 is 9.64 Å². The zero-order chi connectivity index (χ0) is 29.7. The molecule has 10 heteroatoms. The standard InChI is InChI=1S/C31H25F6N2O2/c1-4-38-12-10-18(22-16-20(30(32,33)34)6-8-26(22)38)14-24-28(40)25(29(24)41-3)15-19-11-13-39(5-2)27-9-7-21(17-23(19)27)31(35,36)37/h6-17H,4-5H2,1-3H3/q+1. The van der Waals surface area contributed by atoms with Crippen LogP contribution in [0.25, 0.3) is 22.6 Å². The second-order valence-corrected chi connectivity index (χ2v) is 9.55. The molecule has 0 saturated heterocycles. The molecule has 0 amide bonds. The van der Waals surface area contributed by atoms with Crippen LogP contribution in [0.15, 0.2) is 83.9 Å². The van der Waals surface area contributed by atoms with Gasteiger partial charge >= 0.3 is 12.4 Å². The summed E-state index contributed by atoms with van der Waals surface area (Å²) >= 11 is 0. The Morgan fingerprint density at radius 3 is 2.24 bits per heavy atom. The van der Waals surface area contributed by atoms with E-state index in [0.29, 0.717) is 46.4 Å². The van der Waals surface area contributed by atoms with E-state index in [1.54, 1.807) is 34.0 Å². The van der Waals surface area contributed by atoms with Gasteiger partial charge in [-0.15, -0.1) is 0 Å². The van der Waals surface area contributed by atoms with E-state index in [-0.39, 0.29) is 16.9 Å². The first-order chi connectivity index (χ1) is 19.4. The fraction of sp³-hybridized carbons (Fsp3) is 0.226. The molecule has 0 atom stereocenters. The van der Waals surface area contributed by atoms with Crippen LogP contribution >= 0.6 is 0 Å². The highest BCUT2D eigenvalue weighted by molar-refractivity contribution is 6.24. The van der Waals surface area contributed by atoms with Crippen molar-refractivity contribution < 1.29 is 40.4 Å². The van der Waals surface area contributed by atoms with E-state index >= 15 is 0 Å². The summed E-state index contributed by atoms with van der Waals surface area (Å²) < 4.78 is 88.2. The van der Waals surface area contributed by atoms with Crippen LogP contribution in [0.3, 0.4) is 0 Å². The minimum Gasteiger partial charge on any atom is -0.495 e. The number of benzene rings is 2. The van der Waals surface area contributed by atoms with Crippen LogP contribution in [0.5, 0.6) is 0 Å². The Bertz CT molecular complexity index is 1690. The lowest BCUT2D eigenvalue weighted by Gasteiger charge is -2.28. The van der Waals surface area contributed by atoms with Crippen molar-refractivity contribution in [2.45, 2.75) is 32.7 Å². The van der Waals surface area contributed by atoms with E-state index < -0.39 is 29.3 Å². The highest BCUT2D eigenvalue weighted by Crippen LogP contribution is 2.41. The van der Waals surface area contributed by atoms with E-state index in [9.17, 15) is 31.1 Å². The van der Waals surface area contributed by atoms with Crippen molar-refractivity contribution in [1.29, 1.82) is 0 Å². The number of fused-ring (bicyclic) bond motifs is 2. The monoisotopic (exact) mass is 571 g/mol. The van der Waals surface area contributed by atoms with Gasteiger partial charge in [0.1, 0.15) is 12.3 Å². The Balaban J connectivity index is 1.62. The average molecular weight is 572 g/mol. The van der Waals surface area contributed by atoms with Gasteiger partial charge in [-0.25, -0.2) is 0 Å². The van der Waals surface area contributed by atoms with Gasteiger partial charge in [0.2, 0.25) is 11.3 Å². The van der Waals surface area contributed by atoms with Gasteiger partial charge in [-0.05, 0) is 73.5 Å². The van der Waals surface area contributed by atoms with Crippen LogP contribution in [-0.2, 0) is 28.4 Å². The van der Waals surface area contributed by atoms with Crippen LogP contribution in [0.1, 0.15) is 36.1 Å². The zero-order valence-electron chi connectivity index (χ0n) is 22.3. The molecule has 3 aromatic rings. The predicted octanol–water partition coefficient (Wildman–Crippen LogP) is 7.49. The second kappa shape index (κ2) is 10.2. The number of carbonyl (C=O) groups is 1. The summed E-state index contributed by atoms with van der Waals surface area (Å²) in [6.45, 7) is 4.79. The molecule has 2 heterocycles. The third kappa shape index (κ3) is 5.03. The van der Waals surface area contributed by atoms with E-state index in [0.717, 1.165) is 24.3 Å². The normalized spacial score (nSPS) is 17.5. The summed E-state index contributed by atoms with van der Waals surface area (Å²) in [4.78, 5) is 15.1. The molecule has 0 radical (unpaired) electrons. The molecule has 0 saturated carbocycles. The van der Waals surface area contributed by atoms with Crippen molar-refractivity contribution in [3.8, 4) is 0 Å². The first-order valence-corrected chi connectivity index (χ1v) is 12.8. The minimum absolute atomic E-state index is 0.159. The van der Waals surface area contributed by atoms with Crippen LogP contribution in [-0.4, -0.2) is 19.4 Å². The number of ketones is 1. The molecule has 2 aromatic carbocycles. The number of allylic oxidation sites excluding steroid dienone is 5. The fourth-order valence-corrected chi connectivity index (χ4v) is 5.10. The molecule has 5 rings (SSSR count). The van der Waals surface area contributed by atoms with Gasteiger partial charge in [0.25, 0.3) is 0 Å². The molecular weight excluding hydrogens is 546 g/mol. The van der Waals surface area contributed by atoms with E-state index in [1.807, 2.05) is 13.8 Å². The van der Waals surface area contributed by atoms with E-state index in [2.05, 4.69) is 0 Å². The quantitative estimate of drug-likeness (QED) is 0.181. The van der Waals surface area contributed by atoms with Crippen molar-refractivity contribution in [2.24, 2.45) is 0 Å². The van der Waals surface area contributed by atoms with Crippen molar-refractivity contribution >= 4 is 34.0 Å². The molecular formula is C31H25F6N2O2+. The van der Waals surface area contributed by atoms with Crippen molar-refractivity contribution in [1.82, 2.24) is 0 Å². The molecule has 0 bridgehead atoms. The molecule has 212 valence electrons. The summed E-state index contributed by atoms with van der Waals surface area (Å²) in [5, 5.41) is 0.315. The summed E-state index contributed by atoms with van der Waals surface area (Å²) in [7, 11) is 1.36. The Morgan fingerprint density at radius 1 is 0.927 bits per heavy atom. The Hall–Kier alpha value is -4.34. The molecule has 1 aliphatic carbocycles. The van der Waals surface area contributed by atoms with Gasteiger partial charge in [-0.2, -0.15) is 30.9 Å². The molecule has 0 N–H and O–H groups in total. The number of alkyl halides is 6. The molecule has 1 aliphatic heterocycles. The van der Waals surface area contributed by atoms with Gasteiger partial charge in [0.15, 0.2) is 6.20 Å². The Kier molecular flexibility index (Phi) is 7.05. The average Bonchev–Trinajstić information content (AvgIpc) is 2.94. The Morgan fingerprint density at radius 2 is 1.61 bits per heavy atom.